The molecule has 3 aromatic rings. The second-order valence-electron chi connectivity index (χ2n) is 4.20. The van der Waals surface area contributed by atoms with Gasteiger partial charge in [0.15, 0.2) is 0 Å². The van der Waals surface area contributed by atoms with Crippen LogP contribution in [-0.4, -0.2) is 9.61 Å². The Hall–Kier alpha value is -2.71. The number of pyridine rings is 1. The van der Waals surface area contributed by atoms with Crippen molar-refractivity contribution in [3.63, 3.8) is 0 Å². The van der Waals surface area contributed by atoms with Crippen molar-refractivity contribution in [1.29, 1.82) is 5.26 Å². The summed E-state index contributed by atoms with van der Waals surface area (Å²) in [5.41, 5.74) is 8.12. The van der Waals surface area contributed by atoms with E-state index in [1.54, 1.807) is 28.9 Å². The van der Waals surface area contributed by atoms with Crippen LogP contribution in [-0.2, 0) is 0 Å². The molecule has 0 saturated heterocycles. The van der Waals surface area contributed by atoms with Crippen LogP contribution in [0.2, 0.25) is 5.02 Å². The molecule has 6 heteroatoms. The molecule has 0 radical (unpaired) electrons. The van der Waals surface area contributed by atoms with Gasteiger partial charge in [-0.1, -0.05) is 23.7 Å². The fraction of sp³-hybridized carbons (Fsp3) is 0. The number of fused-ring (bicyclic) bond motifs is 1. The van der Waals surface area contributed by atoms with Gasteiger partial charge in [-0.3, -0.25) is 0 Å². The van der Waals surface area contributed by atoms with Crippen molar-refractivity contribution < 1.29 is 0 Å². The number of halogens is 1. The van der Waals surface area contributed by atoms with Crippen LogP contribution in [0.1, 0.15) is 5.56 Å². The highest BCUT2D eigenvalue weighted by atomic mass is 35.5. The molecule has 0 aliphatic carbocycles. The van der Waals surface area contributed by atoms with E-state index in [-0.39, 0.29) is 0 Å². The van der Waals surface area contributed by atoms with E-state index < -0.39 is 0 Å². The van der Waals surface area contributed by atoms with E-state index in [1.807, 2.05) is 18.2 Å². The topological polar surface area (TPSA) is 79.1 Å². The van der Waals surface area contributed by atoms with E-state index in [0.29, 0.717) is 27.6 Å². The third-order valence-corrected chi connectivity index (χ3v) is 3.29. The van der Waals surface area contributed by atoms with E-state index in [9.17, 15) is 0 Å². The number of anilines is 3. The van der Waals surface area contributed by atoms with E-state index in [1.165, 1.54) is 0 Å². The normalized spacial score (nSPS) is 10.4. The van der Waals surface area contributed by atoms with Gasteiger partial charge in [0, 0.05) is 6.07 Å². The highest BCUT2D eigenvalue weighted by molar-refractivity contribution is 6.33. The minimum atomic E-state index is 0.398. The lowest BCUT2D eigenvalue weighted by atomic mass is 10.2. The molecule has 0 spiro atoms. The summed E-state index contributed by atoms with van der Waals surface area (Å²) in [5.74, 6) is 0.648. The molecule has 0 atom stereocenters. The largest absolute Gasteiger partial charge is 0.397 e. The molecule has 0 fully saturated rings. The van der Waals surface area contributed by atoms with Gasteiger partial charge in [0.25, 0.3) is 0 Å². The van der Waals surface area contributed by atoms with E-state index in [0.717, 1.165) is 5.69 Å². The number of nitriles is 1. The fourth-order valence-corrected chi connectivity index (χ4v) is 2.21. The van der Waals surface area contributed by atoms with Crippen molar-refractivity contribution in [3.05, 3.63) is 53.2 Å². The number of aromatic nitrogens is 2. The van der Waals surface area contributed by atoms with Gasteiger partial charge in [0.2, 0.25) is 0 Å². The third-order valence-electron chi connectivity index (χ3n) is 2.96. The smallest absolute Gasteiger partial charge is 0.134 e. The zero-order valence-corrected chi connectivity index (χ0v) is 11.1. The summed E-state index contributed by atoms with van der Waals surface area (Å²) >= 11 is 6.12. The van der Waals surface area contributed by atoms with Crippen LogP contribution in [0.15, 0.2) is 42.6 Å². The fourth-order valence-electron chi connectivity index (χ4n) is 2.02. The second-order valence-corrected chi connectivity index (χ2v) is 4.61. The second kappa shape index (κ2) is 4.76. The Labute approximate surface area is 120 Å². The minimum Gasteiger partial charge on any atom is -0.397 e. The van der Waals surface area contributed by atoms with Crippen molar-refractivity contribution in [2.75, 3.05) is 11.1 Å². The average Bonchev–Trinajstić information content (AvgIpc) is 2.91. The van der Waals surface area contributed by atoms with Gasteiger partial charge in [-0.25, -0.2) is 4.52 Å². The number of nitrogens with zero attached hydrogens (tertiary/aromatic N) is 3. The predicted octanol–water partition coefficient (Wildman–Crippen LogP) is 3.19. The first-order chi connectivity index (χ1) is 9.70. The molecule has 5 nitrogen and oxygen atoms in total. The molecule has 3 N–H and O–H groups in total. The van der Waals surface area contributed by atoms with Crippen molar-refractivity contribution in [2.24, 2.45) is 0 Å². The molecule has 0 aliphatic heterocycles. The predicted molar refractivity (Wildman–Crippen MR) is 79.1 cm³/mol. The first-order valence-corrected chi connectivity index (χ1v) is 6.26. The first kappa shape index (κ1) is 12.3. The molecule has 98 valence electrons. The van der Waals surface area contributed by atoms with Crippen LogP contribution in [0, 0.1) is 11.3 Å². The molecule has 2 aromatic heterocycles. The van der Waals surface area contributed by atoms with Gasteiger partial charge in [0.1, 0.15) is 17.5 Å². The molecule has 1 aromatic carbocycles. The summed E-state index contributed by atoms with van der Waals surface area (Å²) in [6.45, 7) is 0. The lowest BCUT2D eigenvalue weighted by molar-refractivity contribution is 0.967. The monoisotopic (exact) mass is 283 g/mol. The molecule has 2 heterocycles. The molecular weight excluding hydrogens is 274 g/mol. The Morgan fingerprint density at radius 1 is 1.30 bits per heavy atom. The molecule has 0 unspecified atom stereocenters. The zero-order valence-electron chi connectivity index (χ0n) is 10.3. The number of benzene rings is 1. The van der Waals surface area contributed by atoms with Crippen molar-refractivity contribution in [2.45, 2.75) is 0 Å². The maximum atomic E-state index is 9.15. The van der Waals surface area contributed by atoms with Crippen molar-refractivity contribution in [1.82, 2.24) is 9.61 Å². The van der Waals surface area contributed by atoms with Gasteiger partial charge in [-0.05, 0) is 18.2 Å². The highest BCUT2D eigenvalue weighted by Crippen LogP contribution is 2.28. The summed E-state index contributed by atoms with van der Waals surface area (Å²) in [6.07, 6.45) is 1.62. The molecule has 0 amide bonds. The van der Waals surface area contributed by atoms with Gasteiger partial charge < -0.3 is 11.1 Å². The Bertz CT molecular complexity index is 831. The van der Waals surface area contributed by atoms with Crippen LogP contribution in [0.3, 0.4) is 0 Å². The lowest BCUT2D eigenvalue weighted by Crippen LogP contribution is -2.04. The number of hydrogen-bond donors (Lipinski definition) is 2. The van der Waals surface area contributed by atoms with Gasteiger partial charge in [-0.2, -0.15) is 10.4 Å². The number of nitrogens with one attached hydrogen (secondary N) is 1. The summed E-state index contributed by atoms with van der Waals surface area (Å²) in [7, 11) is 0. The van der Waals surface area contributed by atoms with Crippen LogP contribution in [0.5, 0.6) is 0 Å². The third kappa shape index (κ3) is 1.92. The van der Waals surface area contributed by atoms with E-state index in [4.69, 9.17) is 22.6 Å². The van der Waals surface area contributed by atoms with Crippen molar-refractivity contribution >= 4 is 34.3 Å². The Morgan fingerprint density at radius 3 is 2.85 bits per heavy atom. The van der Waals surface area contributed by atoms with Crippen LogP contribution < -0.4 is 11.1 Å². The van der Waals surface area contributed by atoms with Crippen molar-refractivity contribution in [3.8, 4) is 6.07 Å². The Balaban J connectivity index is 2.16. The number of hydrogen-bond acceptors (Lipinski definition) is 4. The summed E-state index contributed by atoms with van der Waals surface area (Å²) in [4.78, 5) is 0. The van der Waals surface area contributed by atoms with Gasteiger partial charge in [-0.15, -0.1) is 0 Å². The number of para-hydroxylation sites is 1. The Kier molecular flexibility index (Phi) is 2.93. The molecule has 0 bridgehead atoms. The average molecular weight is 284 g/mol. The summed E-state index contributed by atoms with van der Waals surface area (Å²) in [6, 6.07) is 12.9. The summed E-state index contributed by atoms with van der Waals surface area (Å²) < 4.78 is 1.62. The maximum Gasteiger partial charge on any atom is 0.134 e. The van der Waals surface area contributed by atoms with E-state index in [2.05, 4.69) is 16.5 Å². The minimum absolute atomic E-state index is 0.398. The summed E-state index contributed by atoms with van der Waals surface area (Å²) in [5, 5.41) is 17.1. The molecule has 20 heavy (non-hydrogen) atoms. The molecule has 3 rings (SSSR count). The Morgan fingerprint density at radius 2 is 2.10 bits per heavy atom. The quantitative estimate of drug-likeness (QED) is 0.757. The number of nitrogen functional groups attached to an aromatic ring is 1. The number of nitrogens with two attached hydrogens (primary N) is 1. The van der Waals surface area contributed by atoms with E-state index >= 15 is 0 Å². The van der Waals surface area contributed by atoms with Crippen LogP contribution in [0.25, 0.3) is 5.52 Å². The molecular formula is C14H10ClN5. The zero-order chi connectivity index (χ0) is 14.1. The highest BCUT2D eigenvalue weighted by Gasteiger charge is 2.11. The standard InChI is InChI=1S/C14H10ClN5/c15-10-3-1-2-4-12(10)19-14-7-11(17)9(8-16)13-5-6-18-20(13)14/h1-7,19H,17H2. The van der Waals surface area contributed by atoms with Gasteiger partial charge >= 0.3 is 0 Å². The maximum absolute atomic E-state index is 9.15. The van der Waals surface area contributed by atoms with Gasteiger partial charge in [0.05, 0.1) is 28.1 Å². The van der Waals surface area contributed by atoms with Crippen LogP contribution in [0.4, 0.5) is 17.2 Å². The number of rotatable bonds is 2. The first-order valence-electron chi connectivity index (χ1n) is 5.88. The lowest BCUT2D eigenvalue weighted by Gasteiger charge is -2.12. The van der Waals surface area contributed by atoms with Crippen LogP contribution >= 0.6 is 11.6 Å². The molecule has 0 aliphatic rings. The molecule has 0 saturated carbocycles. The SMILES string of the molecule is N#Cc1c(N)cc(Nc2ccccc2Cl)n2nccc12.